The van der Waals surface area contributed by atoms with Crippen molar-refractivity contribution >= 4 is 33.2 Å². The molecule has 1 heterocycles. The third-order valence-corrected chi connectivity index (χ3v) is 6.32. The Morgan fingerprint density at radius 1 is 1.00 bits per heavy atom. The molecular weight excluding hydrogens is 394 g/mol. The lowest BCUT2D eigenvalue weighted by Crippen LogP contribution is -2.40. The summed E-state index contributed by atoms with van der Waals surface area (Å²) < 4.78 is 32.1. The Morgan fingerprint density at radius 3 is 2.34 bits per heavy atom. The summed E-state index contributed by atoms with van der Waals surface area (Å²) in [7, 11) is -3.69. The molecule has 1 aliphatic heterocycles. The molecule has 8 nitrogen and oxygen atoms in total. The second-order valence-electron chi connectivity index (χ2n) is 6.48. The lowest BCUT2D eigenvalue weighted by atomic mass is 10.2. The maximum Gasteiger partial charge on any atom is 0.255 e. The number of benzene rings is 2. The number of carbonyl (C=O) groups excluding carboxylic acids is 2. The number of sulfonamides is 1. The van der Waals surface area contributed by atoms with E-state index in [0.29, 0.717) is 31.0 Å². The first-order valence-electron chi connectivity index (χ1n) is 9.29. The number of carbonyl (C=O) groups is 2. The predicted octanol–water partition coefficient (Wildman–Crippen LogP) is 2.31. The van der Waals surface area contributed by atoms with Crippen molar-refractivity contribution in [2.75, 3.05) is 36.9 Å². The van der Waals surface area contributed by atoms with Crippen LogP contribution in [0.2, 0.25) is 0 Å². The highest BCUT2D eigenvalue weighted by Gasteiger charge is 2.26. The monoisotopic (exact) mass is 417 g/mol. The van der Waals surface area contributed by atoms with E-state index in [0.717, 1.165) is 0 Å². The zero-order valence-corrected chi connectivity index (χ0v) is 16.9. The van der Waals surface area contributed by atoms with Gasteiger partial charge in [-0.15, -0.1) is 0 Å². The molecule has 0 saturated carbocycles. The summed E-state index contributed by atoms with van der Waals surface area (Å²) in [5, 5.41) is 5.45. The van der Waals surface area contributed by atoms with Crippen molar-refractivity contribution in [3.63, 3.8) is 0 Å². The minimum atomic E-state index is -3.69. The summed E-state index contributed by atoms with van der Waals surface area (Å²) in [5.74, 6) is -0.572. The molecule has 1 fully saturated rings. The molecule has 2 amide bonds. The molecular formula is C20H23N3O5S. The first-order valence-corrected chi connectivity index (χ1v) is 10.7. The Morgan fingerprint density at radius 2 is 1.66 bits per heavy atom. The van der Waals surface area contributed by atoms with Gasteiger partial charge in [0.2, 0.25) is 15.9 Å². The number of amides is 2. The molecule has 0 unspecified atom stereocenters. The van der Waals surface area contributed by atoms with Gasteiger partial charge in [0.1, 0.15) is 0 Å². The van der Waals surface area contributed by atoms with Crippen LogP contribution in [0.25, 0.3) is 0 Å². The first kappa shape index (κ1) is 21.0. The van der Waals surface area contributed by atoms with Gasteiger partial charge in [0, 0.05) is 36.4 Å². The summed E-state index contributed by atoms with van der Waals surface area (Å²) in [6, 6.07) is 12.7. The van der Waals surface area contributed by atoms with Crippen molar-refractivity contribution in [2.45, 2.75) is 18.2 Å². The van der Waals surface area contributed by atoms with Crippen LogP contribution in [0.1, 0.15) is 23.7 Å². The van der Waals surface area contributed by atoms with Crippen molar-refractivity contribution in [3.05, 3.63) is 54.1 Å². The van der Waals surface area contributed by atoms with Gasteiger partial charge in [-0.1, -0.05) is 19.1 Å². The molecule has 0 aromatic heterocycles. The van der Waals surface area contributed by atoms with E-state index in [1.54, 1.807) is 43.3 Å². The van der Waals surface area contributed by atoms with Gasteiger partial charge in [-0.2, -0.15) is 4.31 Å². The van der Waals surface area contributed by atoms with Crippen LogP contribution >= 0.6 is 0 Å². The van der Waals surface area contributed by atoms with Crippen molar-refractivity contribution < 1.29 is 22.7 Å². The Labute approximate surface area is 169 Å². The highest BCUT2D eigenvalue weighted by molar-refractivity contribution is 7.89. The SMILES string of the molecule is CCC(=O)Nc1cccc(NC(=O)c2cccc(S(=O)(=O)N3CCOCC3)c2)c1. The second kappa shape index (κ2) is 9.17. The summed E-state index contributed by atoms with van der Waals surface area (Å²) in [4.78, 5) is 24.2. The van der Waals surface area contributed by atoms with E-state index in [4.69, 9.17) is 4.74 Å². The maximum atomic E-state index is 12.8. The van der Waals surface area contributed by atoms with Crippen molar-refractivity contribution in [1.82, 2.24) is 4.31 Å². The molecule has 0 atom stereocenters. The van der Waals surface area contributed by atoms with E-state index in [1.807, 2.05) is 0 Å². The second-order valence-corrected chi connectivity index (χ2v) is 8.42. The molecule has 2 aromatic rings. The van der Waals surface area contributed by atoms with Crippen molar-refractivity contribution in [2.24, 2.45) is 0 Å². The normalized spacial score (nSPS) is 14.9. The van der Waals surface area contributed by atoms with E-state index in [-0.39, 0.29) is 29.5 Å². The highest BCUT2D eigenvalue weighted by atomic mass is 32.2. The van der Waals surface area contributed by atoms with Gasteiger partial charge in [-0.25, -0.2) is 8.42 Å². The number of hydrogen-bond donors (Lipinski definition) is 2. The van der Waals surface area contributed by atoms with Gasteiger partial charge >= 0.3 is 0 Å². The molecule has 0 bridgehead atoms. The molecule has 0 radical (unpaired) electrons. The number of anilines is 2. The van der Waals surface area contributed by atoms with Crippen LogP contribution in [0, 0.1) is 0 Å². The Kier molecular flexibility index (Phi) is 6.63. The van der Waals surface area contributed by atoms with Crippen LogP contribution in [0.15, 0.2) is 53.4 Å². The molecule has 2 N–H and O–H groups in total. The van der Waals surface area contributed by atoms with Crippen LogP contribution in [0.5, 0.6) is 0 Å². The summed E-state index contributed by atoms with van der Waals surface area (Å²) in [6.45, 7) is 3.03. The predicted molar refractivity (Wildman–Crippen MR) is 109 cm³/mol. The number of rotatable bonds is 6. The fraction of sp³-hybridized carbons (Fsp3) is 0.300. The van der Waals surface area contributed by atoms with Crippen LogP contribution in [0.3, 0.4) is 0 Å². The zero-order chi connectivity index (χ0) is 20.9. The van der Waals surface area contributed by atoms with Crippen LogP contribution in [0.4, 0.5) is 11.4 Å². The number of nitrogens with zero attached hydrogens (tertiary/aromatic N) is 1. The van der Waals surface area contributed by atoms with Gasteiger partial charge in [0.25, 0.3) is 5.91 Å². The summed E-state index contributed by atoms with van der Waals surface area (Å²) >= 11 is 0. The van der Waals surface area contributed by atoms with Crippen molar-refractivity contribution in [1.29, 1.82) is 0 Å². The van der Waals surface area contributed by atoms with Crippen LogP contribution < -0.4 is 10.6 Å². The lowest BCUT2D eigenvalue weighted by Gasteiger charge is -2.26. The highest BCUT2D eigenvalue weighted by Crippen LogP contribution is 2.20. The number of morpholine rings is 1. The van der Waals surface area contributed by atoms with E-state index in [2.05, 4.69) is 10.6 Å². The largest absolute Gasteiger partial charge is 0.379 e. The van der Waals surface area contributed by atoms with Gasteiger partial charge in [0.05, 0.1) is 18.1 Å². The van der Waals surface area contributed by atoms with E-state index in [9.17, 15) is 18.0 Å². The topological polar surface area (TPSA) is 105 Å². The zero-order valence-electron chi connectivity index (χ0n) is 16.1. The third-order valence-electron chi connectivity index (χ3n) is 4.43. The van der Waals surface area contributed by atoms with Crippen molar-refractivity contribution in [3.8, 4) is 0 Å². The van der Waals surface area contributed by atoms with Crippen LogP contribution in [-0.2, 0) is 19.6 Å². The molecule has 0 aliphatic carbocycles. The molecule has 29 heavy (non-hydrogen) atoms. The molecule has 2 aromatic carbocycles. The standard InChI is InChI=1S/C20H23N3O5S/c1-2-19(24)21-16-6-4-7-17(14-16)22-20(25)15-5-3-8-18(13-15)29(26,27)23-9-11-28-12-10-23/h3-8,13-14H,2,9-12H2,1H3,(H,21,24)(H,22,25). The van der Waals surface area contributed by atoms with Gasteiger partial charge in [-0.05, 0) is 36.4 Å². The van der Waals surface area contributed by atoms with E-state index in [1.165, 1.54) is 16.4 Å². The third kappa shape index (κ3) is 5.20. The Hall–Kier alpha value is -2.75. The average molecular weight is 417 g/mol. The van der Waals surface area contributed by atoms with Gasteiger partial charge in [-0.3, -0.25) is 9.59 Å². The maximum absolute atomic E-state index is 12.8. The Balaban J connectivity index is 1.76. The lowest BCUT2D eigenvalue weighted by molar-refractivity contribution is -0.115. The molecule has 0 spiro atoms. The summed E-state index contributed by atoms with van der Waals surface area (Å²) in [6.07, 6.45) is 0.348. The minimum absolute atomic E-state index is 0.0657. The molecule has 1 saturated heterocycles. The fourth-order valence-electron chi connectivity index (χ4n) is 2.86. The van der Waals surface area contributed by atoms with E-state index < -0.39 is 15.9 Å². The molecule has 1 aliphatic rings. The quantitative estimate of drug-likeness (QED) is 0.750. The summed E-state index contributed by atoms with van der Waals surface area (Å²) in [5.41, 5.74) is 1.28. The molecule has 154 valence electrons. The first-order chi connectivity index (χ1) is 13.9. The smallest absolute Gasteiger partial charge is 0.255 e. The average Bonchev–Trinajstić information content (AvgIpc) is 2.74. The Bertz CT molecular complexity index is 1000. The fourth-order valence-corrected chi connectivity index (χ4v) is 4.32. The minimum Gasteiger partial charge on any atom is -0.379 e. The molecule has 9 heteroatoms. The number of ether oxygens (including phenoxy) is 1. The van der Waals surface area contributed by atoms with Crippen LogP contribution in [-0.4, -0.2) is 50.8 Å². The van der Waals surface area contributed by atoms with Gasteiger partial charge in [0.15, 0.2) is 0 Å². The number of hydrogen-bond acceptors (Lipinski definition) is 5. The van der Waals surface area contributed by atoms with E-state index >= 15 is 0 Å². The molecule has 3 rings (SSSR count). The number of nitrogens with one attached hydrogen (secondary N) is 2. The van der Waals surface area contributed by atoms with Gasteiger partial charge < -0.3 is 15.4 Å².